The van der Waals surface area contributed by atoms with Gasteiger partial charge in [-0.15, -0.1) is 0 Å². The van der Waals surface area contributed by atoms with Crippen LogP contribution in [-0.4, -0.2) is 7.05 Å². The first-order valence-corrected chi connectivity index (χ1v) is 6.44. The zero-order valence-corrected chi connectivity index (χ0v) is 11.5. The largest absolute Gasteiger partial charge is 0.489 e. The van der Waals surface area contributed by atoms with Gasteiger partial charge in [-0.25, -0.2) is 8.78 Å². The summed E-state index contributed by atoms with van der Waals surface area (Å²) in [6, 6.07) is 10.8. The highest BCUT2D eigenvalue weighted by Crippen LogP contribution is 2.22. The number of rotatable bonds is 5. The first kappa shape index (κ1) is 14.5. The smallest absolute Gasteiger partial charge is 0.131 e. The summed E-state index contributed by atoms with van der Waals surface area (Å²) in [5.74, 6) is -0.196. The fraction of sp³-hybridized carbons (Fsp3) is 0.250. The highest BCUT2D eigenvalue weighted by Gasteiger charge is 2.10. The normalized spacial score (nSPS) is 12.2. The highest BCUT2D eigenvalue weighted by atomic mass is 19.1. The molecule has 2 rings (SSSR count). The van der Waals surface area contributed by atoms with Crippen molar-refractivity contribution in [1.82, 2.24) is 5.32 Å². The van der Waals surface area contributed by atoms with Crippen LogP contribution in [0.25, 0.3) is 0 Å². The maximum atomic E-state index is 13.9. The Morgan fingerprint density at radius 2 is 1.95 bits per heavy atom. The van der Waals surface area contributed by atoms with E-state index in [1.807, 2.05) is 6.92 Å². The molecule has 0 aliphatic heterocycles. The van der Waals surface area contributed by atoms with Crippen molar-refractivity contribution in [2.24, 2.45) is 0 Å². The molecule has 20 heavy (non-hydrogen) atoms. The molecule has 0 aliphatic carbocycles. The van der Waals surface area contributed by atoms with E-state index in [9.17, 15) is 8.78 Å². The van der Waals surface area contributed by atoms with Crippen LogP contribution < -0.4 is 10.1 Å². The molecule has 0 amide bonds. The summed E-state index contributed by atoms with van der Waals surface area (Å²) in [4.78, 5) is 0. The van der Waals surface area contributed by atoms with Gasteiger partial charge < -0.3 is 10.1 Å². The molecule has 0 radical (unpaired) electrons. The van der Waals surface area contributed by atoms with Crippen LogP contribution in [0.3, 0.4) is 0 Å². The zero-order chi connectivity index (χ0) is 14.5. The molecule has 2 aromatic carbocycles. The Kier molecular flexibility index (Phi) is 4.69. The molecule has 106 valence electrons. The number of nitrogens with one attached hydrogen (secondary N) is 1. The monoisotopic (exact) mass is 277 g/mol. The van der Waals surface area contributed by atoms with Crippen LogP contribution in [0.1, 0.15) is 24.1 Å². The molecule has 1 unspecified atom stereocenters. The highest BCUT2D eigenvalue weighted by molar-refractivity contribution is 5.31. The maximum absolute atomic E-state index is 13.9. The molecule has 1 atom stereocenters. The van der Waals surface area contributed by atoms with E-state index in [1.165, 1.54) is 18.2 Å². The van der Waals surface area contributed by atoms with Crippen molar-refractivity contribution in [1.29, 1.82) is 0 Å². The molecule has 0 saturated carbocycles. The molecule has 0 heterocycles. The van der Waals surface area contributed by atoms with Crippen LogP contribution in [0.4, 0.5) is 8.78 Å². The van der Waals surface area contributed by atoms with Crippen LogP contribution in [0.5, 0.6) is 5.75 Å². The first-order chi connectivity index (χ1) is 9.60. The molecule has 0 aromatic heterocycles. The predicted molar refractivity (Wildman–Crippen MR) is 74.6 cm³/mol. The summed E-state index contributed by atoms with van der Waals surface area (Å²) in [6.07, 6.45) is 0. The minimum Gasteiger partial charge on any atom is -0.489 e. The van der Waals surface area contributed by atoms with Gasteiger partial charge in [0, 0.05) is 17.7 Å². The average molecular weight is 277 g/mol. The maximum Gasteiger partial charge on any atom is 0.131 e. The number of hydrogen-bond acceptors (Lipinski definition) is 2. The SMILES string of the molecule is CNC(C)c1ccc(OCc2cccc(F)c2)cc1F. The topological polar surface area (TPSA) is 21.3 Å². The van der Waals surface area contributed by atoms with E-state index in [4.69, 9.17) is 4.74 Å². The van der Waals surface area contributed by atoms with Crippen LogP contribution in [0, 0.1) is 11.6 Å². The molecule has 0 spiro atoms. The molecular formula is C16H17F2NO. The van der Waals surface area contributed by atoms with E-state index in [0.29, 0.717) is 16.9 Å². The molecule has 2 nitrogen and oxygen atoms in total. The lowest BCUT2D eigenvalue weighted by atomic mass is 10.1. The summed E-state index contributed by atoms with van der Waals surface area (Å²) < 4.78 is 32.4. The molecule has 0 aliphatic rings. The lowest BCUT2D eigenvalue weighted by Crippen LogP contribution is -2.13. The summed E-state index contributed by atoms with van der Waals surface area (Å²) in [5.41, 5.74) is 1.30. The molecule has 0 saturated heterocycles. The summed E-state index contributed by atoms with van der Waals surface area (Å²) in [6.45, 7) is 2.09. The second kappa shape index (κ2) is 6.48. The van der Waals surface area contributed by atoms with Crippen LogP contribution in [0.15, 0.2) is 42.5 Å². The van der Waals surface area contributed by atoms with Crippen molar-refractivity contribution in [2.45, 2.75) is 19.6 Å². The van der Waals surface area contributed by atoms with Crippen molar-refractivity contribution in [2.75, 3.05) is 7.05 Å². The Balaban J connectivity index is 2.05. The minimum absolute atomic E-state index is 0.0627. The van der Waals surface area contributed by atoms with E-state index in [1.54, 1.807) is 31.3 Å². The van der Waals surface area contributed by atoms with E-state index >= 15 is 0 Å². The van der Waals surface area contributed by atoms with E-state index in [0.717, 1.165) is 0 Å². The van der Waals surface area contributed by atoms with Crippen molar-refractivity contribution < 1.29 is 13.5 Å². The van der Waals surface area contributed by atoms with Gasteiger partial charge in [-0.1, -0.05) is 18.2 Å². The van der Waals surface area contributed by atoms with Crippen LogP contribution in [-0.2, 0) is 6.61 Å². The number of benzene rings is 2. The van der Waals surface area contributed by atoms with Gasteiger partial charge in [0.1, 0.15) is 24.0 Å². The number of halogens is 2. The molecule has 2 aromatic rings. The molecule has 0 fully saturated rings. The lowest BCUT2D eigenvalue weighted by molar-refractivity contribution is 0.303. The van der Waals surface area contributed by atoms with Gasteiger partial charge >= 0.3 is 0 Å². The Labute approximate surface area is 117 Å². The van der Waals surface area contributed by atoms with Gasteiger partial charge in [0.25, 0.3) is 0 Å². The van der Waals surface area contributed by atoms with Crippen LogP contribution in [0.2, 0.25) is 0 Å². The molecule has 0 bridgehead atoms. The Morgan fingerprint density at radius 3 is 2.60 bits per heavy atom. The Bertz CT molecular complexity index is 586. The molecule has 4 heteroatoms. The van der Waals surface area contributed by atoms with Gasteiger partial charge in [0.2, 0.25) is 0 Å². The number of ether oxygens (including phenoxy) is 1. The quantitative estimate of drug-likeness (QED) is 0.897. The fourth-order valence-corrected chi connectivity index (χ4v) is 1.90. The fourth-order valence-electron chi connectivity index (χ4n) is 1.90. The summed E-state index contributed by atoms with van der Waals surface area (Å²) in [5, 5.41) is 2.98. The summed E-state index contributed by atoms with van der Waals surface area (Å²) in [7, 11) is 1.78. The Morgan fingerprint density at radius 1 is 1.15 bits per heavy atom. The summed E-state index contributed by atoms with van der Waals surface area (Å²) >= 11 is 0. The second-order valence-corrected chi connectivity index (χ2v) is 4.61. The standard InChI is InChI=1S/C16H17F2NO/c1-11(19-2)15-7-6-14(9-16(15)18)20-10-12-4-3-5-13(17)8-12/h3-9,11,19H,10H2,1-2H3. The van der Waals surface area contributed by atoms with E-state index < -0.39 is 0 Å². The van der Waals surface area contributed by atoms with Gasteiger partial charge in [0.15, 0.2) is 0 Å². The lowest BCUT2D eigenvalue weighted by Gasteiger charge is -2.13. The van der Waals surface area contributed by atoms with Crippen LogP contribution >= 0.6 is 0 Å². The number of hydrogen-bond donors (Lipinski definition) is 1. The minimum atomic E-state index is -0.316. The van der Waals surface area contributed by atoms with E-state index in [-0.39, 0.29) is 24.3 Å². The predicted octanol–water partition coefficient (Wildman–Crippen LogP) is 3.82. The zero-order valence-electron chi connectivity index (χ0n) is 11.5. The third-order valence-corrected chi connectivity index (χ3v) is 3.17. The second-order valence-electron chi connectivity index (χ2n) is 4.61. The van der Waals surface area contributed by atoms with Crippen molar-refractivity contribution >= 4 is 0 Å². The molecule has 1 N–H and O–H groups in total. The first-order valence-electron chi connectivity index (χ1n) is 6.44. The van der Waals surface area contributed by atoms with E-state index in [2.05, 4.69) is 5.32 Å². The van der Waals surface area contributed by atoms with Crippen molar-refractivity contribution in [3.63, 3.8) is 0 Å². The molecular weight excluding hydrogens is 260 g/mol. The van der Waals surface area contributed by atoms with Gasteiger partial charge in [-0.2, -0.15) is 0 Å². The van der Waals surface area contributed by atoms with Gasteiger partial charge in [0.05, 0.1) is 0 Å². The van der Waals surface area contributed by atoms with Crippen molar-refractivity contribution in [3.05, 3.63) is 65.2 Å². The van der Waals surface area contributed by atoms with Gasteiger partial charge in [-0.3, -0.25) is 0 Å². The van der Waals surface area contributed by atoms with Crippen molar-refractivity contribution in [3.8, 4) is 5.75 Å². The van der Waals surface area contributed by atoms with Gasteiger partial charge in [-0.05, 0) is 37.7 Å². The Hall–Kier alpha value is -1.94. The third-order valence-electron chi connectivity index (χ3n) is 3.17. The average Bonchev–Trinajstić information content (AvgIpc) is 2.44. The third kappa shape index (κ3) is 3.54.